The third-order valence-corrected chi connectivity index (χ3v) is 7.50. The van der Waals surface area contributed by atoms with E-state index in [4.69, 9.17) is 49.5 Å². The van der Waals surface area contributed by atoms with E-state index in [0.717, 1.165) is 36.6 Å². The average Bonchev–Trinajstić information content (AvgIpc) is 3.42. The molecule has 5 rings (SSSR count). The van der Waals surface area contributed by atoms with Gasteiger partial charge in [-0.3, -0.25) is 0 Å². The van der Waals surface area contributed by atoms with Gasteiger partial charge in [0.1, 0.15) is 18.2 Å². The van der Waals surface area contributed by atoms with Crippen molar-refractivity contribution in [1.29, 1.82) is 0 Å². The maximum Gasteiger partial charge on any atom is 0.227 e. The summed E-state index contributed by atoms with van der Waals surface area (Å²) in [4.78, 5) is 19.8. The molecule has 7 nitrogen and oxygen atoms in total. The number of rotatable bonds is 11. The van der Waals surface area contributed by atoms with Crippen molar-refractivity contribution >= 4 is 46.4 Å². The molecule has 0 aliphatic heterocycles. The minimum atomic E-state index is 0.437. The van der Waals surface area contributed by atoms with Crippen molar-refractivity contribution in [2.24, 2.45) is 0 Å². The molecule has 0 aliphatic rings. The van der Waals surface area contributed by atoms with E-state index in [1.165, 1.54) is 0 Å². The molecule has 0 saturated heterocycles. The number of nitrogens with zero attached hydrogens (tertiary/aromatic N) is 4. The lowest BCUT2D eigenvalue weighted by Crippen LogP contribution is -2.27. The Bertz CT molecular complexity index is 1580. The van der Waals surface area contributed by atoms with Crippen molar-refractivity contribution in [3.05, 3.63) is 94.1 Å². The summed E-state index contributed by atoms with van der Waals surface area (Å²) in [5, 5.41) is 4.89. The van der Waals surface area contributed by atoms with Gasteiger partial charge in [-0.2, -0.15) is 0 Å². The van der Waals surface area contributed by atoms with E-state index >= 15 is 0 Å². The van der Waals surface area contributed by atoms with Gasteiger partial charge in [0.15, 0.2) is 0 Å². The molecule has 0 fully saturated rings. The highest BCUT2D eigenvalue weighted by Gasteiger charge is 2.20. The van der Waals surface area contributed by atoms with E-state index in [1.54, 1.807) is 24.4 Å². The van der Waals surface area contributed by atoms with Gasteiger partial charge >= 0.3 is 0 Å². The molecule has 0 bridgehead atoms. The predicted molar refractivity (Wildman–Crippen MR) is 169 cm³/mol. The van der Waals surface area contributed by atoms with Crippen molar-refractivity contribution in [2.75, 3.05) is 31.6 Å². The highest BCUT2D eigenvalue weighted by molar-refractivity contribution is 6.39. The number of ether oxygens (including phenoxy) is 1. The van der Waals surface area contributed by atoms with Crippen molar-refractivity contribution in [2.45, 2.75) is 13.8 Å². The molecule has 0 saturated carbocycles. The summed E-state index contributed by atoms with van der Waals surface area (Å²) >= 11 is 19.2. The van der Waals surface area contributed by atoms with E-state index in [1.807, 2.05) is 54.6 Å². The SMILES string of the molecule is CCN(CC)CCOc1ccc(Nc2nccc(-c3[nH]c(-c4c(Cl)cccc4Cl)nc3-c3ccc(Cl)cc3)n2)cc1. The lowest BCUT2D eigenvalue weighted by molar-refractivity contribution is 0.223. The van der Waals surface area contributed by atoms with Crippen LogP contribution in [0.2, 0.25) is 15.1 Å². The first-order valence-electron chi connectivity index (χ1n) is 13.3. The van der Waals surface area contributed by atoms with Gasteiger partial charge < -0.3 is 19.9 Å². The van der Waals surface area contributed by atoms with Crippen molar-refractivity contribution < 1.29 is 4.74 Å². The van der Waals surface area contributed by atoms with Crippen LogP contribution in [0.25, 0.3) is 34.0 Å². The molecule has 0 spiro atoms. The third kappa shape index (κ3) is 7.00. The highest BCUT2D eigenvalue weighted by atomic mass is 35.5. The minimum Gasteiger partial charge on any atom is -0.492 e. The molecule has 210 valence electrons. The standard InChI is InChI=1S/C31H29Cl3N6O/c1-3-40(4-2)18-19-41-23-14-12-22(13-15-23)36-31-35-17-16-26(37-31)29-28(20-8-10-21(32)11-9-20)38-30(39-29)27-24(33)6-5-7-25(27)34/h5-17H,3-4,18-19H2,1-2H3,(H,38,39)(H,35,36,37). The molecule has 3 aromatic carbocycles. The van der Waals surface area contributed by atoms with Crippen molar-refractivity contribution in [3.63, 3.8) is 0 Å². The highest BCUT2D eigenvalue weighted by Crippen LogP contribution is 2.38. The molecule has 41 heavy (non-hydrogen) atoms. The lowest BCUT2D eigenvalue weighted by Gasteiger charge is -2.18. The molecule has 0 amide bonds. The van der Waals surface area contributed by atoms with Crippen molar-refractivity contribution in [1.82, 2.24) is 24.8 Å². The Hall–Kier alpha value is -3.62. The van der Waals surface area contributed by atoms with Crippen molar-refractivity contribution in [3.8, 4) is 39.8 Å². The largest absolute Gasteiger partial charge is 0.492 e. The van der Waals surface area contributed by atoms with Gasteiger partial charge in [0, 0.05) is 29.0 Å². The zero-order valence-electron chi connectivity index (χ0n) is 22.7. The van der Waals surface area contributed by atoms with Gasteiger partial charge in [-0.05, 0) is 67.7 Å². The van der Waals surface area contributed by atoms with Crippen LogP contribution in [0.1, 0.15) is 13.8 Å². The zero-order chi connectivity index (χ0) is 28.8. The van der Waals surface area contributed by atoms with E-state index in [2.05, 4.69) is 34.0 Å². The molecule has 0 aliphatic carbocycles. The number of aromatic amines is 1. The first kappa shape index (κ1) is 28.9. The molecule has 2 aromatic heterocycles. The summed E-state index contributed by atoms with van der Waals surface area (Å²) in [5.74, 6) is 1.78. The van der Waals surface area contributed by atoms with Crippen LogP contribution in [0.4, 0.5) is 11.6 Å². The second-order valence-electron chi connectivity index (χ2n) is 9.20. The van der Waals surface area contributed by atoms with Gasteiger partial charge in [0.25, 0.3) is 0 Å². The Kier molecular flexibility index (Phi) is 9.42. The Labute approximate surface area is 254 Å². The van der Waals surface area contributed by atoms with Crippen LogP contribution in [-0.2, 0) is 0 Å². The number of aromatic nitrogens is 4. The topological polar surface area (TPSA) is 79.0 Å². The Morgan fingerprint density at radius 2 is 1.56 bits per heavy atom. The monoisotopic (exact) mass is 606 g/mol. The second kappa shape index (κ2) is 13.4. The number of benzene rings is 3. The van der Waals surface area contributed by atoms with Gasteiger partial charge in [0.2, 0.25) is 5.95 Å². The summed E-state index contributed by atoms with van der Waals surface area (Å²) in [5.41, 5.74) is 4.34. The van der Waals surface area contributed by atoms with E-state index in [-0.39, 0.29) is 0 Å². The molecular formula is C31H29Cl3N6O. The fourth-order valence-corrected chi connectivity index (χ4v) is 5.07. The van der Waals surface area contributed by atoms with Crippen LogP contribution in [0.3, 0.4) is 0 Å². The third-order valence-electron chi connectivity index (χ3n) is 6.61. The first-order valence-corrected chi connectivity index (χ1v) is 14.4. The normalized spacial score (nSPS) is 11.2. The maximum absolute atomic E-state index is 6.51. The van der Waals surface area contributed by atoms with Crippen LogP contribution in [0.5, 0.6) is 5.75 Å². The fourth-order valence-electron chi connectivity index (χ4n) is 4.37. The fraction of sp³-hybridized carbons (Fsp3) is 0.194. The summed E-state index contributed by atoms with van der Waals surface area (Å²) in [6.07, 6.45) is 1.70. The van der Waals surface area contributed by atoms with E-state index in [0.29, 0.717) is 56.1 Å². The second-order valence-corrected chi connectivity index (χ2v) is 10.5. The minimum absolute atomic E-state index is 0.437. The maximum atomic E-state index is 6.51. The molecular weight excluding hydrogens is 579 g/mol. The summed E-state index contributed by atoms with van der Waals surface area (Å²) in [6.45, 7) is 7.86. The number of anilines is 2. The number of likely N-dealkylation sites (N-methyl/N-ethyl adjacent to an activating group) is 1. The number of H-pyrrole nitrogens is 1. The molecule has 0 radical (unpaired) electrons. The number of hydrogen-bond acceptors (Lipinski definition) is 6. The van der Waals surface area contributed by atoms with E-state index in [9.17, 15) is 0 Å². The molecule has 0 unspecified atom stereocenters. The van der Waals surface area contributed by atoms with Crippen LogP contribution in [0, 0.1) is 0 Å². The van der Waals surface area contributed by atoms with E-state index < -0.39 is 0 Å². The van der Waals surface area contributed by atoms with Crippen LogP contribution in [0.15, 0.2) is 79.0 Å². The van der Waals surface area contributed by atoms with Gasteiger partial charge in [-0.15, -0.1) is 0 Å². The van der Waals surface area contributed by atoms with Crippen LogP contribution >= 0.6 is 34.8 Å². The first-order chi connectivity index (χ1) is 19.9. The van der Waals surface area contributed by atoms with Crippen LogP contribution in [-0.4, -0.2) is 51.1 Å². The molecule has 10 heteroatoms. The molecule has 0 atom stereocenters. The summed E-state index contributed by atoms with van der Waals surface area (Å²) < 4.78 is 5.90. The number of imidazole rings is 1. The number of halogens is 3. The Morgan fingerprint density at radius 1 is 0.854 bits per heavy atom. The average molecular weight is 608 g/mol. The van der Waals surface area contributed by atoms with Gasteiger partial charge in [0.05, 0.1) is 32.7 Å². The smallest absolute Gasteiger partial charge is 0.227 e. The molecule has 5 aromatic rings. The molecule has 2 N–H and O–H groups in total. The summed E-state index contributed by atoms with van der Waals surface area (Å²) in [7, 11) is 0. The Balaban J connectivity index is 1.41. The quantitative estimate of drug-likeness (QED) is 0.156. The zero-order valence-corrected chi connectivity index (χ0v) is 24.9. The lowest BCUT2D eigenvalue weighted by atomic mass is 10.1. The summed E-state index contributed by atoms with van der Waals surface area (Å²) in [6, 6.07) is 22.4. The predicted octanol–water partition coefficient (Wildman–Crippen LogP) is 8.63. The van der Waals surface area contributed by atoms with Gasteiger partial charge in [-0.25, -0.2) is 15.0 Å². The van der Waals surface area contributed by atoms with Gasteiger partial charge in [-0.1, -0.05) is 66.8 Å². The Morgan fingerprint density at radius 3 is 2.24 bits per heavy atom. The molecule has 2 heterocycles. The number of hydrogen-bond donors (Lipinski definition) is 2. The number of nitrogens with one attached hydrogen (secondary N) is 2. The van der Waals surface area contributed by atoms with Crippen LogP contribution < -0.4 is 10.1 Å².